The summed E-state index contributed by atoms with van der Waals surface area (Å²) in [5.74, 6) is -0.190. The lowest BCUT2D eigenvalue weighted by Gasteiger charge is -2.04. The van der Waals surface area contributed by atoms with E-state index in [2.05, 4.69) is 40.8 Å². The highest BCUT2D eigenvalue weighted by atomic mass is 127. The second kappa shape index (κ2) is 6.82. The van der Waals surface area contributed by atoms with Gasteiger partial charge in [-0.25, -0.2) is 0 Å². The van der Waals surface area contributed by atoms with Crippen LogP contribution in [0.3, 0.4) is 0 Å². The molecule has 0 aliphatic rings. The SMILES string of the molecule is CC(=O)OCCCCc1ccccc1I. The summed E-state index contributed by atoms with van der Waals surface area (Å²) >= 11 is 2.35. The molecule has 1 aromatic carbocycles. The largest absolute Gasteiger partial charge is 0.466 e. The number of carbonyl (C=O) groups excluding carboxylic acids is 1. The maximum Gasteiger partial charge on any atom is 0.302 e. The van der Waals surface area contributed by atoms with Crippen LogP contribution in [0.4, 0.5) is 0 Å². The van der Waals surface area contributed by atoms with Crippen molar-refractivity contribution in [2.45, 2.75) is 26.2 Å². The van der Waals surface area contributed by atoms with Gasteiger partial charge in [-0.1, -0.05) is 18.2 Å². The zero-order valence-corrected chi connectivity index (χ0v) is 11.0. The number of carbonyl (C=O) groups is 1. The minimum Gasteiger partial charge on any atom is -0.466 e. The zero-order chi connectivity index (χ0) is 11.1. The number of aryl methyl sites for hydroxylation is 1. The van der Waals surface area contributed by atoms with Crippen molar-refractivity contribution in [1.82, 2.24) is 0 Å². The lowest BCUT2D eigenvalue weighted by molar-refractivity contribution is -0.141. The highest BCUT2D eigenvalue weighted by Gasteiger charge is 1.98. The normalized spacial score (nSPS) is 10.0. The molecule has 0 aliphatic carbocycles. The van der Waals surface area contributed by atoms with Crippen LogP contribution in [0.2, 0.25) is 0 Å². The standard InChI is InChI=1S/C12H15IO2/c1-10(14)15-9-5-4-7-11-6-2-3-8-12(11)13/h2-3,6,8H,4-5,7,9H2,1H3. The summed E-state index contributed by atoms with van der Waals surface area (Å²) in [6.07, 6.45) is 3.05. The van der Waals surface area contributed by atoms with Crippen molar-refractivity contribution in [3.8, 4) is 0 Å². The van der Waals surface area contributed by atoms with Gasteiger partial charge in [0.1, 0.15) is 0 Å². The van der Waals surface area contributed by atoms with E-state index in [0.29, 0.717) is 6.61 Å². The molecular formula is C12H15IO2. The molecule has 0 radical (unpaired) electrons. The van der Waals surface area contributed by atoms with E-state index in [1.54, 1.807) is 0 Å². The molecule has 0 spiro atoms. The van der Waals surface area contributed by atoms with Gasteiger partial charge in [0.2, 0.25) is 0 Å². The van der Waals surface area contributed by atoms with Crippen LogP contribution in [-0.4, -0.2) is 12.6 Å². The topological polar surface area (TPSA) is 26.3 Å². The van der Waals surface area contributed by atoms with E-state index in [4.69, 9.17) is 4.74 Å². The Kier molecular flexibility index (Phi) is 5.68. The highest BCUT2D eigenvalue weighted by Crippen LogP contribution is 2.13. The fourth-order valence-electron chi connectivity index (χ4n) is 1.33. The molecule has 0 heterocycles. The highest BCUT2D eigenvalue weighted by molar-refractivity contribution is 14.1. The molecule has 0 N–H and O–H groups in total. The van der Waals surface area contributed by atoms with E-state index in [-0.39, 0.29) is 5.97 Å². The Morgan fingerprint density at radius 2 is 2.07 bits per heavy atom. The van der Waals surface area contributed by atoms with Gasteiger partial charge in [-0.2, -0.15) is 0 Å². The Bertz CT molecular complexity index is 323. The average molecular weight is 318 g/mol. The van der Waals surface area contributed by atoms with E-state index < -0.39 is 0 Å². The Balaban J connectivity index is 2.21. The molecule has 15 heavy (non-hydrogen) atoms. The molecule has 0 amide bonds. The number of benzene rings is 1. The number of unbranched alkanes of at least 4 members (excludes halogenated alkanes) is 1. The van der Waals surface area contributed by atoms with Crippen LogP contribution in [0.25, 0.3) is 0 Å². The van der Waals surface area contributed by atoms with Gasteiger partial charge < -0.3 is 4.74 Å². The molecule has 0 aromatic heterocycles. The van der Waals surface area contributed by atoms with Crippen molar-refractivity contribution in [2.75, 3.05) is 6.61 Å². The van der Waals surface area contributed by atoms with Crippen LogP contribution >= 0.6 is 22.6 Å². The first kappa shape index (κ1) is 12.5. The lowest BCUT2D eigenvalue weighted by Crippen LogP contribution is -2.01. The monoisotopic (exact) mass is 318 g/mol. The van der Waals surface area contributed by atoms with Gasteiger partial charge >= 0.3 is 5.97 Å². The van der Waals surface area contributed by atoms with Gasteiger partial charge in [0, 0.05) is 10.5 Å². The second-order valence-corrected chi connectivity index (χ2v) is 4.55. The molecule has 1 rings (SSSR count). The summed E-state index contributed by atoms with van der Waals surface area (Å²) < 4.78 is 6.18. The van der Waals surface area contributed by atoms with Crippen LogP contribution in [0, 0.1) is 3.57 Å². The van der Waals surface area contributed by atoms with Gasteiger partial charge in [-0.05, 0) is 53.5 Å². The van der Waals surface area contributed by atoms with Crippen LogP contribution in [0.1, 0.15) is 25.3 Å². The van der Waals surface area contributed by atoms with E-state index >= 15 is 0 Å². The first-order valence-corrected chi connectivity index (χ1v) is 6.15. The Labute approximate surface area is 104 Å². The Morgan fingerprint density at radius 3 is 2.73 bits per heavy atom. The number of ether oxygens (including phenoxy) is 1. The van der Waals surface area contributed by atoms with Crippen molar-refractivity contribution in [3.05, 3.63) is 33.4 Å². The van der Waals surface area contributed by atoms with Crippen molar-refractivity contribution >= 4 is 28.6 Å². The van der Waals surface area contributed by atoms with E-state index in [1.807, 2.05) is 6.07 Å². The van der Waals surface area contributed by atoms with Gasteiger partial charge in [-0.3, -0.25) is 4.79 Å². The number of rotatable bonds is 5. The smallest absolute Gasteiger partial charge is 0.302 e. The zero-order valence-electron chi connectivity index (χ0n) is 8.83. The number of halogens is 1. The minimum atomic E-state index is -0.190. The van der Waals surface area contributed by atoms with Crippen molar-refractivity contribution in [2.24, 2.45) is 0 Å². The van der Waals surface area contributed by atoms with Gasteiger partial charge in [-0.15, -0.1) is 0 Å². The molecule has 2 nitrogen and oxygen atoms in total. The van der Waals surface area contributed by atoms with E-state index in [9.17, 15) is 4.79 Å². The van der Waals surface area contributed by atoms with Gasteiger partial charge in [0.25, 0.3) is 0 Å². The second-order valence-electron chi connectivity index (χ2n) is 3.39. The molecule has 0 unspecified atom stereocenters. The molecule has 0 fully saturated rings. The summed E-state index contributed by atoms with van der Waals surface area (Å²) in [5, 5.41) is 0. The van der Waals surface area contributed by atoms with Gasteiger partial charge in [0.15, 0.2) is 0 Å². The van der Waals surface area contributed by atoms with Crippen LogP contribution in [-0.2, 0) is 16.0 Å². The fourth-order valence-corrected chi connectivity index (χ4v) is 1.99. The third kappa shape index (κ3) is 5.16. The number of hydrogen-bond donors (Lipinski definition) is 0. The predicted molar refractivity (Wildman–Crippen MR) is 68.7 cm³/mol. The Morgan fingerprint density at radius 1 is 1.33 bits per heavy atom. The van der Waals surface area contributed by atoms with Crippen LogP contribution in [0.5, 0.6) is 0 Å². The summed E-state index contributed by atoms with van der Waals surface area (Å²) in [5.41, 5.74) is 1.38. The predicted octanol–water partition coefficient (Wildman–Crippen LogP) is 3.18. The lowest BCUT2D eigenvalue weighted by atomic mass is 10.1. The van der Waals surface area contributed by atoms with Crippen LogP contribution < -0.4 is 0 Å². The molecule has 0 atom stereocenters. The quantitative estimate of drug-likeness (QED) is 0.473. The van der Waals surface area contributed by atoms with E-state index in [0.717, 1.165) is 19.3 Å². The summed E-state index contributed by atoms with van der Waals surface area (Å²) in [6, 6.07) is 8.36. The average Bonchev–Trinajstić information content (AvgIpc) is 2.20. The Hall–Kier alpha value is -0.580. The van der Waals surface area contributed by atoms with E-state index in [1.165, 1.54) is 16.1 Å². The first-order chi connectivity index (χ1) is 7.20. The third-order valence-corrected chi connectivity index (χ3v) is 3.16. The van der Waals surface area contributed by atoms with Crippen LogP contribution in [0.15, 0.2) is 24.3 Å². The minimum absolute atomic E-state index is 0.190. The van der Waals surface area contributed by atoms with Gasteiger partial charge in [0.05, 0.1) is 6.61 Å². The van der Waals surface area contributed by atoms with Crippen molar-refractivity contribution < 1.29 is 9.53 Å². The molecule has 0 saturated carbocycles. The molecule has 3 heteroatoms. The molecule has 1 aromatic rings. The fraction of sp³-hybridized carbons (Fsp3) is 0.417. The molecule has 82 valence electrons. The number of hydrogen-bond acceptors (Lipinski definition) is 2. The first-order valence-electron chi connectivity index (χ1n) is 5.07. The molecular weight excluding hydrogens is 303 g/mol. The summed E-state index contributed by atoms with van der Waals surface area (Å²) in [4.78, 5) is 10.5. The van der Waals surface area contributed by atoms with Crippen molar-refractivity contribution in [1.29, 1.82) is 0 Å². The number of esters is 1. The molecule has 0 saturated heterocycles. The molecule has 0 bridgehead atoms. The maximum absolute atomic E-state index is 10.5. The molecule has 0 aliphatic heterocycles. The van der Waals surface area contributed by atoms with Crippen molar-refractivity contribution in [3.63, 3.8) is 0 Å². The maximum atomic E-state index is 10.5. The summed E-state index contributed by atoms with van der Waals surface area (Å²) in [6.45, 7) is 1.99. The third-order valence-electron chi connectivity index (χ3n) is 2.10. The summed E-state index contributed by atoms with van der Waals surface area (Å²) in [7, 11) is 0.